The molecule has 0 aliphatic carbocycles. The summed E-state index contributed by atoms with van der Waals surface area (Å²) in [5.41, 5.74) is 0.241. The number of benzene rings is 2. The smallest absolute Gasteiger partial charge is 0.243 e. The molecule has 1 aliphatic heterocycles. The van der Waals surface area contributed by atoms with Crippen molar-refractivity contribution in [1.82, 2.24) is 8.61 Å². The molecular weight excluding hydrogens is 494 g/mol. The maximum Gasteiger partial charge on any atom is 0.243 e. The number of nitrogens with zero attached hydrogens (tertiary/aromatic N) is 2. The maximum absolute atomic E-state index is 13.0. The highest BCUT2D eigenvalue weighted by Gasteiger charge is 2.32. The van der Waals surface area contributed by atoms with Crippen molar-refractivity contribution in [2.75, 3.05) is 46.2 Å². The van der Waals surface area contributed by atoms with Crippen LogP contribution in [0.25, 0.3) is 0 Å². The highest BCUT2D eigenvalue weighted by molar-refractivity contribution is 7.89. The van der Waals surface area contributed by atoms with Gasteiger partial charge in [-0.3, -0.25) is 4.79 Å². The van der Waals surface area contributed by atoms with Crippen molar-refractivity contribution < 1.29 is 31.1 Å². The first-order valence-corrected chi connectivity index (χ1v) is 14.0. The molecule has 0 unspecified atom stereocenters. The Balaban J connectivity index is 1.68. The molecule has 12 heteroatoms. The summed E-state index contributed by atoms with van der Waals surface area (Å²) in [7, 11) is -3.11. The van der Waals surface area contributed by atoms with Crippen molar-refractivity contribution in [3.05, 3.63) is 42.5 Å². The monoisotopic (exact) mass is 525 g/mol. The van der Waals surface area contributed by atoms with Gasteiger partial charge in [0.25, 0.3) is 0 Å². The van der Waals surface area contributed by atoms with Gasteiger partial charge in [-0.05, 0) is 62.2 Å². The molecule has 0 saturated carbocycles. The molecule has 1 amide bonds. The Morgan fingerprint density at radius 1 is 1.03 bits per heavy atom. The van der Waals surface area contributed by atoms with Gasteiger partial charge in [0.2, 0.25) is 26.0 Å². The van der Waals surface area contributed by atoms with Crippen molar-refractivity contribution in [3.8, 4) is 11.5 Å². The van der Waals surface area contributed by atoms with E-state index in [1.807, 2.05) is 6.92 Å². The predicted molar refractivity (Wildman–Crippen MR) is 132 cm³/mol. The van der Waals surface area contributed by atoms with E-state index in [0.717, 1.165) is 4.31 Å². The quantitative estimate of drug-likeness (QED) is 0.533. The van der Waals surface area contributed by atoms with Crippen LogP contribution in [0.15, 0.2) is 52.3 Å². The number of ether oxygens (including phenoxy) is 2. The average molecular weight is 526 g/mol. The molecule has 1 saturated heterocycles. The molecule has 1 N–H and O–H groups in total. The number of methoxy groups -OCH3 is 1. The zero-order valence-corrected chi connectivity index (χ0v) is 21.9. The molecule has 0 atom stereocenters. The number of amides is 1. The zero-order chi connectivity index (χ0) is 25.8. The number of anilines is 1. The molecule has 10 nitrogen and oxygen atoms in total. The highest BCUT2D eigenvalue weighted by atomic mass is 32.2. The summed E-state index contributed by atoms with van der Waals surface area (Å²) < 4.78 is 64.0. The van der Waals surface area contributed by atoms with E-state index in [-0.39, 0.29) is 34.5 Å². The van der Waals surface area contributed by atoms with Crippen molar-refractivity contribution in [2.45, 2.75) is 29.6 Å². The molecular formula is C23H31N3O7S2. The van der Waals surface area contributed by atoms with Crippen LogP contribution < -0.4 is 14.8 Å². The lowest BCUT2D eigenvalue weighted by Gasteiger charge is -2.30. The van der Waals surface area contributed by atoms with Gasteiger partial charge < -0.3 is 14.8 Å². The van der Waals surface area contributed by atoms with E-state index in [4.69, 9.17) is 9.47 Å². The normalized spacial score (nSPS) is 15.7. The van der Waals surface area contributed by atoms with E-state index in [0.29, 0.717) is 30.9 Å². The Bertz CT molecular complexity index is 1250. The molecule has 1 aliphatic rings. The van der Waals surface area contributed by atoms with Gasteiger partial charge in [0.1, 0.15) is 11.5 Å². The average Bonchev–Trinajstić information content (AvgIpc) is 2.84. The molecule has 1 heterocycles. The van der Waals surface area contributed by atoms with Gasteiger partial charge in [0, 0.05) is 33.1 Å². The summed E-state index contributed by atoms with van der Waals surface area (Å²) in [6.07, 6.45) is 0.667. The maximum atomic E-state index is 13.0. The third-order valence-electron chi connectivity index (χ3n) is 5.80. The minimum absolute atomic E-state index is 0.0230. The second-order valence-electron chi connectivity index (χ2n) is 8.22. The van der Waals surface area contributed by atoms with Crippen LogP contribution in [0.1, 0.15) is 19.8 Å². The van der Waals surface area contributed by atoms with Crippen LogP contribution in [0, 0.1) is 5.92 Å². The molecule has 0 aromatic heterocycles. The fourth-order valence-electron chi connectivity index (χ4n) is 3.77. The number of rotatable bonds is 9. The number of carbonyl (C=O) groups excluding carboxylic acids is 1. The lowest BCUT2D eigenvalue weighted by Crippen LogP contribution is -2.41. The number of carbonyl (C=O) groups is 1. The molecule has 0 radical (unpaired) electrons. The number of hydrogen-bond acceptors (Lipinski definition) is 7. The third kappa shape index (κ3) is 5.95. The summed E-state index contributed by atoms with van der Waals surface area (Å²) in [5, 5.41) is 2.76. The molecule has 192 valence electrons. The van der Waals surface area contributed by atoms with Crippen LogP contribution in [-0.4, -0.2) is 72.3 Å². The molecule has 0 bridgehead atoms. The molecule has 1 fully saturated rings. The van der Waals surface area contributed by atoms with Gasteiger partial charge in [-0.1, -0.05) is 0 Å². The summed E-state index contributed by atoms with van der Waals surface area (Å²) in [4.78, 5) is 13.1. The fraction of sp³-hybridized carbons (Fsp3) is 0.435. The van der Waals surface area contributed by atoms with Gasteiger partial charge in [0.05, 0.1) is 29.2 Å². The Morgan fingerprint density at radius 3 is 2.17 bits per heavy atom. The van der Waals surface area contributed by atoms with E-state index in [1.165, 1.54) is 55.8 Å². The minimum atomic E-state index is -3.70. The van der Waals surface area contributed by atoms with Gasteiger partial charge in [-0.2, -0.15) is 4.31 Å². The molecule has 3 rings (SSSR count). The third-order valence-corrected chi connectivity index (χ3v) is 9.53. The first kappa shape index (κ1) is 26.9. The van der Waals surface area contributed by atoms with Crippen LogP contribution in [0.2, 0.25) is 0 Å². The Morgan fingerprint density at radius 2 is 1.63 bits per heavy atom. The second kappa shape index (κ2) is 10.9. The van der Waals surface area contributed by atoms with E-state index in [9.17, 15) is 21.6 Å². The number of sulfonamides is 2. The molecule has 2 aromatic carbocycles. The van der Waals surface area contributed by atoms with Crippen molar-refractivity contribution in [1.29, 1.82) is 0 Å². The molecule has 2 aromatic rings. The lowest BCUT2D eigenvalue weighted by molar-refractivity contribution is -0.120. The predicted octanol–water partition coefficient (Wildman–Crippen LogP) is 2.38. The zero-order valence-electron chi connectivity index (χ0n) is 20.2. The highest BCUT2D eigenvalue weighted by Crippen LogP contribution is 2.31. The van der Waals surface area contributed by atoms with E-state index in [2.05, 4.69) is 5.32 Å². The van der Waals surface area contributed by atoms with Gasteiger partial charge in [-0.15, -0.1) is 0 Å². The van der Waals surface area contributed by atoms with Crippen LogP contribution >= 0.6 is 0 Å². The van der Waals surface area contributed by atoms with Crippen LogP contribution in [-0.2, 0) is 24.8 Å². The summed E-state index contributed by atoms with van der Waals surface area (Å²) in [6.45, 7) is 2.73. The number of nitrogens with one attached hydrogen (secondary N) is 1. The first-order chi connectivity index (χ1) is 16.5. The van der Waals surface area contributed by atoms with Gasteiger partial charge in [0.15, 0.2) is 0 Å². The van der Waals surface area contributed by atoms with E-state index < -0.39 is 26.0 Å². The Kier molecular flexibility index (Phi) is 8.42. The fourth-order valence-corrected chi connectivity index (χ4v) is 6.17. The van der Waals surface area contributed by atoms with Crippen LogP contribution in [0.3, 0.4) is 0 Å². The van der Waals surface area contributed by atoms with Crippen molar-refractivity contribution in [3.63, 3.8) is 0 Å². The number of hydrogen-bond donors (Lipinski definition) is 1. The summed E-state index contributed by atoms with van der Waals surface area (Å²) in [5.74, 6) is 0.174. The number of piperidine rings is 1. The van der Waals surface area contributed by atoms with E-state index >= 15 is 0 Å². The van der Waals surface area contributed by atoms with Crippen molar-refractivity contribution in [2.24, 2.45) is 5.92 Å². The lowest BCUT2D eigenvalue weighted by atomic mass is 9.97. The van der Waals surface area contributed by atoms with Crippen molar-refractivity contribution >= 4 is 31.6 Å². The Hall–Kier alpha value is -2.67. The van der Waals surface area contributed by atoms with E-state index in [1.54, 1.807) is 12.1 Å². The summed E-state index contributed by atoms with van der Waals surface area (Å²) >= 11 is 0. The minimum Gasteiger partial charge on any atom is -0.495 e. The molecule has 35 heavy (non-hydrogen) atoms. The van der Waals surface area contributed by atoms with Gasteiger partial charge in [-0.25, -0.2) is 21.1 Å². The van der Waals surface area contributed by atoms with Crippen LogP contribution in [0.4, 0.5) is 5.69 Å². The first-order valence-electron chi connectivity index (χ1n) is 11.1. The largest absolute Gasteiger partial charge is 0.495 e. The standard InChI is InChI=1S/C23H31N3O7S2/c1-5-33-18-6-8-19(9-7-18)35(30,31)26-14-12-17(13-15-26)23(27)24-21-16-20(10-11-22(21)32-4)34(28,29)25(2)3/h6-11,16-17H,5,12-15H2,1-4H3,(H,24,27). The molecule has 0 spiro atoms. The second-order valence-corrected chi connectivity index (χ2v) is 12.3. The van der Waals surface area contributed by atoms with Gasteiger partial charge >= 0.3 is 0 Å². The summed E-state index contributed by atoms with van der Waals surface area (Å²) in [6, 6.07) is 10.5. The van der Waals surface area contributed by atoms with Crippen LogP contribution in [0.5, 0.6) is 11.5 Å². The topological polar surface area (TPSA) is 122 Å². The SMILES string of the molecule is CCOc1ccc(S(=O)(=O)N2CCC(C(=O)Nc3cc(S(=O)(=O)N(C)C)ccc3OC)CC2)cc1. The Labute approximate surface area is 206 Å².